The van der Waals surface area contributed by atoms with E-state index in [4.69, 9.17) is 4.74 Å². The molecule has 156 valence electrons. The summed E-state index contributed by atoms with van der Waals surface area (Å²) in [5.74, 6) is -0.953. The Morgan fingerprint density at radius 3 is 2.19 bits per heavy atom. The van der Waals surface area contributed by atoms with Gasteiger partial charge in [-0.05, 0) is 29.7 Å². The number of alkyl halides is 3. The van der Waals surface area contributed by atoms with Gasteiger partial charge in [0, 0.05) is 12.6 Å². The molecule has 3 aromatic rings. The Kier molecular flexibility index (Phi) is 5.85. The van der Waals surface area contributed by atoms with Crippen molar-refractivity contribution in [2.24, 2.45) is 7.05 Å². The van der Waals surface area contributed by atoms with Gasteiger partial charge in [-0.1, -0.05) is 42.5 Å². The summed E-state index contributed by atoms with van der Waals surface area (Å²) in [6, 6.07) is 16.9. The molecule has 5 nitrogen and oxygen atoms in total. The maximum atomic E-state index is 13.7. The molecule has 0 unspecified atom stereocenters. The summed E-state index contributed by atoms with van der Waals surface area (Å²) in [4.78, 5) is 12.5. The summed E-state index contributed by atoms with van der Waals surface area (Å²) in [6.45, 7) is 1.51. The molecule has 1 aromatic heterocycles. The van der Waals surface area contributed by atoms with Crippen molar-refractivity contribution < 1.29 is 22.7 Å². The highest BCUT2D eigenvalue weighted by Crippen LogP contribution is 2.41. The van der Waals surface area contributed by atoms with Crippen LogP contribution in [0.5, 0.6) is 0 Å². The standard InChI is InChI=1S/C23H16F3N3O2/c1-3-31-22(30)20-19(18(13-28)21(29(20)2)23(24,25)26)15-10-8-14(9-11-15)17-7-5-4-6-16(17)12-27/h4-11H,3H2,1-2H3. The van der Waals surface area contributed by atoms with E-state index in [1.165, 1.54) is 19.1 Å². The average Bonchev–Trinajstić information content (AvgIpc) is 3.06. The van der Waals surface area contributed by atoms with E-state index < -0.39 is 23.4 Å². The van der Waals surface area contributed by atoms with Crippen molar-refractivity contribution in [1.29, 1.82) is 10.5 Å². The zero-order valence-electron chi connectivity index (χ0n) is 16.6. The molecule has 0 aliphatic rings. The highest BCUT2D eigenvalue weighted by atomic mass is 19.4. The quantitative estimate of drug-likeness (QED) is 0.534. The van der Waals surface area contributed by atoms with Gasteiger partial charge in [-0.15, -0.1) is 0 Å². The third kappa shape index (κ3) is 3.88. The smallest absolute Gasteiger partial charge is 0.432 e. The second-order valence-electron chi connectivity index (χ2n) is 6.57. The number of ether oxygens (including phenoxy) is 1. The molecular weight excluding hydrogens is 407 g/mol. The van der Waals surface area contributed by atoms with E-state index in [-0.39, 0.29) is 23.4 Å². The monoisotopic (exact) mass is 423 g/mol. The molecule has 0 aliphatic carbocycles. The second-order valence-corrected chi connectivity index (χ2v) is 6.57. The fraction of sp³-hybridized carbons (Fsp3) is 0.174. The van der Waals surface area contributed by atoms with Gasteiger partial charge in [-0.25, -0.2) is 4.79 Å². The Labute approximate surface area is 176 Å². The number of carbonyl (C=O) groups is 1. The molecule has 0 amide bonds. The van der Waals surface area contributed by atoms with Crippen molar-refractivity contribution in [3.05, 3.63) is 71.0 Å². The summed E-state index contributed by atoms with van der Waals surface area (Å²) in [5, 5.41) is 18.8. The zero-order chi connectivity index (χ0) is 22.8. The number of nitriles is 2. The molecule has 0 bridgehead atoms. The first-order valence-electron chi connectivity index (χ1n) is 9.21. The molecule has 0 fully saturated rings. The molecule has 31 heavy (non-hydrogen) atoms. The number of hydrogen-bond acceptors (Lipinski definition) is 4. The molecule has 0 aliphatic heterocycles. The lowest BCUT2D eigenvalue weighted by atomic mass is 9.95. The van der Waals surface area contributed by atoms with Crippen molar-refractivity contribution >= 4 is 5.97 Å². The van der Waals surface area contributed by atoms with Gasteiger partial charge in [0.15, 0.2) is 0 Å². The van der Waals surface area contributed by atoms with Crippen LogP contribution >= 0.6 is 0 Å². The number of aromatic nitrogens is 1. The van der Waals surface area contributed by atoms with Gasteiger partial charge >= 0.3 is 12.1 Å². The Bertz CT molecular complexity index is 1230. The minimum absolute atomic E-state index is 0.0312. The van der Waals surface area contributed by atoms with Crippen LogP contribution in [-0.2, 0) is 18.0 Å². The van der Waals surface area contributed by atoms with E-state index >= 15 is 0 Å². The second kappa shape index (κ2) is 8.37. The predicted octanol–water partition coefficient (Wildman–Crippen LogP) is 5.30. The van der Waals surface area contributed by atoms with E-state index in [9.17, 15) is 28.5 Å². The van der Waals surface area contributed by atoms with Gasteiger partial charge in [0.2, 0.25) is 0 Å². The molecular formula is C23H16F3N3O2. The topological polar surface area (TPSA) is 78.8 Å². The molecule has 0 radical (unpaired) electrons. The fourth-order valence-electron chi connectivity index (χ4n) is 3.49. The summed E-state index contributed by atoms with van der Waals surface area (Å²) in [7, 11) is 1.08. The van der Waals surface area contributed by atoms with E-state index in [2.05, 4.69) is 6.07 Å². The Hall–Kier alpha value is -4.04. The number of benzene rings is 2. The summed E-state index contributed by atoms with van der Waals surface area (Å²) in [6.07, 6.45) is -4.84. The Morgan fingerprint density at radius 1 is 1.03 bits per heavy atom. The number of hydrogen-bond donors (Lipinski definition) is 0. The first-order valence-corrected chi connectivity index (χ1v) is 9.21. The molecule has 2 aromatic carbocycles. The Balaban J connectivity index is 2.24. The van der Waals surface area contributed by atoms with Crippen molar-refractivity contribution in [3.8, 4) is 34.4 Å². The molecule has 0 saturated carbocycles. The van der Waals surface area contributed by atoms with Crippen molar-refractivity contribution in [2.45, 2.75) is 13.1 Å². The highest BCUT2D eigenvalue weighted by molar-refractivity contribution is 5.98. The van der Waals surface area contributed by atoms with Gasteiger partial charge in [0.25, 0.3) is 0 Å². The lowest BCUT2D eigenvalue weighted by Crippen LogP contribution is -2.17. The molecule has 8 heteroatoms. The van der Waals surface area contributed by atoms with Gasteiger partial charge in [0.1, 0.15) is 17.5 Å². The lowest BCUT2D eigenvalue weighted by Gasteiger charge is -2.10. The van der Waals surface area contributed by atoms with Crippen LogP contribution < -0.4 is 0 Å². The maximum Gasteiger partial charge on any atom is 0.432 e. The van der Waals surface area contributed by atoms with Crippen LogP contribution in [0.3, 0.4) is 0 Å². The van der Waals surface area contributed by atoms with Crippen LogP contribution in [0.15, 0.2) is 48.5 Å². The van der Waals surface area contributed by atoms with Crippen LogP contribution in [0.1, 0.15) is 34.2 Å². The SMILES string of the molecule is CCOC(=O)c1c(-c2ccc(-c3ccccc3C#N)cc2)c(C#N)c(C(F)(F)F)n1C. The summed E-state index contributed by atoms with van der Waals surface area (Å²) < 4.78 is 46.6. The van der Waals surface area contributed by atoms with E-state index in [1.54, 1.807) is 42.5 Å². The molecule has 3 rings (SSSR count). The first kappa shape index (κ1) is 21.7. The van der Waals surface area contributed by atoms with Crippen LogP contribution in [0.25, 0.3) is 22.3 Å². The number of esters is 1. The molecule has 0 spiro atoms. The van der Waals surface area contributed by atoms with Gasteiger partial charge in [-0.3, -0.25) is 0 Å². The predicted molar refractivity (Wildman–Crippen MR) is 107 cm³/mol. The van der Waals surface area contributed by atoms with E-state index in [1.807, 2.05) is 0 Å². The third-order valence-electron chi connectivity index (χ3n) is 4.78. The van der Waals surface area contributed by atoms with Gasteiger partial charge in [0.05, 0.1) is 23.8 Å². The average molecular weight is 423 g/mol. The van der Waals surface area contributed by atoms with Gasteiger partial charge < -0.3 is 9.30 Å². The zero-order valence-corrected chi connectivity index (χ0v) is 16.6. The van der Waals surface area contributed by atoms with Gasteiger partial charge in [-0.2, -0.15) is 23.7 Å². The van der Waals surface area contributed by atoms with E-state index in [0.29, 0.717) is 21.3 Å². The largest absolute Gasteiger partial charge is 0.461 e. The van der Waals surface area contributed by atoms with Crippen LogP contribution in [0.4, 0.5) is 13.2 Å². The van der Waals surface area contributed by atoms with Crippen molar-refractivity contribution in [2.75, 3.05) is 6.61 Å². The van der Waals surface area contributed by atoms with Crippen LogP contribution in [0.2, 0.25) is 0 Å². The molecule has 0 N–H and O–H groups in total. The Morgan fingerprint density at radius 2 is 1.65 bits per heavy atom. The minimum atomic E-state index is -4.84. The first-order chi connectivity index (χ1) is 14.7. The lowest BCUT2D eigenvalue weighted by molar-refractivity contribution is -0.143. The molecule has 0 atom stereocenters. The van der Waals surface area contributed by atoms with E-state index in [0.717, 1.165) is 7.05 Å². The number of halogens is 3. The molecule has 1 heterocycles. The number of carbonyl (C=O) groups excluding carboxylic acids is 1. The normalized spacial score (nSPS) is 10.9. The summed E-state index contributed by atoms with van der Waals surface area (Å²) in [5.41, 5.74) is -0.333. The molecule has 0 saturated heterocycles. The summed E-state index contributed by atoms with van der Waals surface area (Å²) >= 11 is 0. The minimum Gasteiger partial charge on any atom is -0.461 e. The fourth-order valence-corrected chi connectivity index (χ4v) is 3.49. The van der Waals surface area contributed by atoms with Crippen molar-refractivity contribution in [1.82, 2.24) is 4.57 Å². The maximum absolute atomic E-state index is 13.7. The highest BCUT2D eigenvalue weighted by Gasteiger charge is 2.42. The number of nitrogens with zero attached hydrogens (tertiary/aromatic N) is 3. The van der Waals surface area contributed by atoms with Crippen molar-refractivity contribution in [3.63, 3.8) is 0 Å². The van der Waals surface area contributed by atoms with Crippen LogP contribution in [-0.4, -0.2) is 17.1 Å². The van der Waals surface area contributed by atoms with Crippen LogP contribution in [0, 0.1) is 22.7 Å². The third-order valence-corrected chi connectivity index (χ3v) is 4.78. The number of rotatable bonds is 4.